The van der Waals surface area contributed by atoms with Crippen molar-refractivity contribution in [2.45, 2.75) is 55.6 Å². The van der Waals surface area contributed by atoms with E-state index in [9.17, 15) is 9.90 Å². The molecular formula is C26H32N4O3. The molecule has 3 atom stereocenters. The molecule has 33 heavy (non-hydrogen) atoms. The van der Waals surface area contributed by atoms with Crippen molar-refractivity contribution >= 4 is 5.91 Å². The third kappa shape index (κ3) is 3.28. The lowest BCUT2D eigenvalue weighted by Gasteiger charge is -2.61. The predicted octanol–water partition coefficient (Wildman–Crippen LogP) is 2.43. The largest absolute Gasteiger partial charge is 0.497 e. The number of nitrogens with zero attached hydrogens (tertiary/aromatic N) is 4. The van der Waals surface area contributed by atoms with E-state index in [0.717, 1.165) is 44.0 Å². The number of fused-ring (bicyclic) bond motifs is 1. The molecule has 1 aromatic carbocycles. The molecule has 3 heterocycles. The molecule has 1 amide bonds. The van der Waals surface area contributed by atoms with Gasteiger partial charge in [-0.15, -0.1) is 0 Å². The van der Waals surface area contributed by atoms with Crippen LogP contribution in [0, 0.1) is 5.92 Å². The van der Waals surface area contributed by atoms with E-state index in [0.29, 0.717) is 19.5 Å². The van der Waals surface area contributed by atoms with Gasteiger partial charge in [0.2, 0.25) is 5.82 Å². The van der Waals surface area contributed by atoms with Crippen molar-refractivity contribution in [3.05, 3.63) is 53.6 Å². The Hall–Kier alpha value is -2.51. The number of likely N-dealkylation sites (tertiary alicyclic amines) is 2. The molecular weight excluding hydrogens is 416 g/mol. The summed E-state index contributed by atoms with van der Waals surface area (Å²) in [5.41, 5.74) is 1.27. The van der Waals surface area contributed by atoms with Gasteiger partial charge in [-0.2, -0.15) is 0 Å². The van der Waals surface area contributed by atoms with Crippen molar-refractivity contribution in [2.24, 2.45) is 5.92 Å². The molecule has 2 aromatic rings. The van der Waals surface area contributed by atoms with Crippen molar-refractivity contribution in [3.63, 3.8) is 0 Å². The number of amides is 1. The monoisotopic (exact) mass is 448 g/mol. The molecule has 7 heteroatoms. The SMILES string of the molecule is COc1ccc2c(c1)C13CCN(C(=O)c4ncccn4)CCC1(O)C(C2)N(CC1CC1)CC3. The Morgan fingerprint density at radius 1 is 1.15 bits per heavy atom. The highest BCUT2D eigenvalue weighted by Gasteiger charge is 2.63. The Morgan fingerprint density at radius 2 is 1.91 bits per heavy atom. The van der Waals surface area contributed by atoms with Gasteiger partial charge in [-0.1, -0.05) is 6.07 Å². The first-order valence-corrected chi connectivity index (χ1v) is 12.2. The fraction of sp³-hybridized carbons (Fsp3) is 0.577. The number of ether oxygens (including phenoxy) is 1. The molecule has 1 saturated carbocycles. The van der Waals surface area contributed by atoms with Gasteiger partial charge in [0, 0.05) is 43.5 Å². The lowest BCUT2D eigenvalue weighted by molar-refractivity contribution is -0.149. The summed E-state index contributed by atoms with van der Waals surface area (Å²) in [6.45, 7) is 3.18. The molecule has 3 fully saturated rings. The van der Waals surface area contributed by atoms with Crippen molar-refractivity contribution in [3.8, 4) is 5.75 Å². The number of benzene rings is 1. The van der Waals surface area contributed by atoms with E-state index in [1.165, 1.54) is 24.0 Å². The van der Waals surface area contributed by atoms with Crippen molar-refractivity contribution < 1.29 is 14.6 Å². The van der Waals surface area contributed by atoms with Crippen molar-refractivity contribution in [2.75, 3.05) is 33.3 Å². The van der Waals surface area contributed by atoms with E-state index in [-0.39, 0.29) is 23.2 Å². The number of aromatic nitrogens is 2. The summed E-state index contributed by atoms with van der Waals surface area (Å²) in [4.78, 5) is 26.0. The fourth-order valence-corrected chi connectivity index (χ4v) is 6.74. The van der Waals surface area contributed by atoms with Gasteiger partial charge >= 0.3 is 0 Å². The molecule has 1 N–H and O–H groups in total. The maximum absolute atomic E-state index is 13.2. The summed E-state index contributed by atoms with van der Waals surface area (Å²) < 4.78 is 5.58. The van der Waals surface area contributed by atoms with Crippen LogP contribution in [0.2, 0.25) is 0 Å². The smallest absolute Gasteiger partial charge is 0.291 e. The van der Waals surface area contributed by atoms with E-state index in [2.05, 4.69) is 27.0 Å². The molecule has 2 saturated heterocycles. The summed E-state index contributed by atoms with van der Waals surface area (Å²) in [6, 6.07) is 8.17. The standard InChI is InChI=1S/C26H32N4O3/c1-33-20-6-5-19-15-22-26(32)9-14-29(24(31)23-27-10-2-11-28-23)12-7-25(26,21(19)16-20)8-13-30(22)17-18-3-4-18/h2,5-6,10-11,16,18,22,32H,3-4,7-9,12-15,17H2,1H3. The molecule has 7 nitrogen and oxygen atoms in total. The summed E-state index contributed by atoms with van der Waals surface area (Å²) in [5.74, 6) is 1.69. The highest BCUT2D eigenvalue weighted by atomic mass is 16.5. The number of carbonyl (C=O) groups excluding carboxylic acids is 1. The Kier molecular flexibility index (Phi) is 4.96. The van der Waals surface area contributed by atoms with Crippen LogP contribution in [0.5, 0.6) is 5.75 Å². The highest BCUT2D eigenvalue weighted by molar-refractivity contribution is 5.90. The molecule has 2 aliphatic carbocycles. The third-order valence-electron chi connectivity index (χ3n) is 8.70. The predicted molar refractivity (Wildman–Crippen MR) is 123 cm³/mol. The molecule has 174 valence electrons. The van der Waals surface area contributed by atoms with Crippen LogP contribution in [0.1, 0.15) is 53.8 Å². The average molecular weight is 449 g/mol. The highest BCUT2D eigenvalue weighted by Crippen LogP contribution is 2.56. The summed E-state index contributed by atoms with van der Waals surface area (Å²) in [6.07, 6.45) is 8.87. The van der Waals surface area contributed by atoms with Crippen LogP contribution in [0.4, 0.5) is 0 Å². The minimum Gasteiger partial charge on any atom is -0.497 e. The summed E-state index contributed by atoms with van der Waals surface area (Å²) in [7, 11) is 1.70. The molecule has 4 aliphatic rings. The molecule has 2 aliphatic heterocycles. The summed E-state index contributed by atoms with van der Waals surface area (Å²) >= 11 is 0. The van der Waals surface area contributed by atoms with Crippen LogP contribution >= 0.6 is 0 Å². The van der Waals surface area contributed by atoms with Crippen molar-refractivity contribution in [1.29, 1.82) is 0 Å². The van der Waals surface area contributed by atoms with Crippen LogP contribution in [0.3, 0.4) is 0 Å². The number of carbonyl (C=O) groups is 1. The van der Waals surface area contributed by atoms with Crippen LogP contribution in [-0.4, -0.2) is 75.7 Å². The first-order valence-electron chi connectivity index (χ1n) is 12.2. The topological polar surface area (TPSA) is 78.8 Å². The van der Waals surface area contributed by atoms with E-state index >= 15 is 0 Å². The van der Waals surface area contributed by atoms with Gasteiger partial charge in [0.15, 0.2) is 0 Å². The maximum atomic E-state index is 13.2. The second kappa shape index (κ2) is 7.77. The zero-order valence-electron chi connectivity index (χ0n) is 19.2. The zero-order valence-corrected chi connectivity index (χ0v) is 19.2. The van der Waals surface area contributed by atoms with Gasteiger partial charge in [-0.25, -0.2) is 9.97 Å². The third-order valence-corrected chi connectivity index (χ3v) is 8.70. The Labute approximate surface area is 194 Å². The number of hydrogen-bond donors (Lipinski definition) is 1. The second-order valence-corrected chi connectivity index (χ2v) is 10.3. The minimum absolute atomic E-state index is 0.0794. The fourth-order valence-electron chi connectivity index (χ4n) is 6.74. The van der Waals surface area contributed by atoms with Gasteiger partial charge in [-0.3, -0.25) is 9.69 Å². The van der Waals surface area contributed by atoms with Crippen LogP contribution in [-0.2, 0) is 11.8 Å². The number of piperidine rings is 1. The van der Waals surface area contributed by atoms with E-state index in [1.54, 1.807) is 25.6 Å². The van der Waals surface area contributed by atoms with Crippen LogP contribution in [0.25, 0.3) is 0 Å². The zero-order chi connectivity index (χ0) is 22.6. The maximum Gasteiger partial charge on any atom is 0.291 e. The first kappa shape index (κ1) is 21.1. The number of rotatable bonds is 4. The van der Waals surface area contributed by atoms with E-state index in [1.807, 2.05) is 11.0 Å². The van der Waals surface area contributed by atoms with E-state index < -0.39 is 5.60 Å². The lowest BCUT2D eigenvalue weighted by atomic mass is 9.52. The van der Waals surface area contributed by atoms with Crippen molar-refractivity contribution in [1.82, 2.24) is 19.8 Å². The molecule has 6 rings (SSSR count). The van der Waals surface area contributed by atoms with Gasteiger partial charge in [0.05, 0.1) is 12.7 Å². The molecule has 0 spiro atoms. The second-order valence-electron chi connectivity index (χ2n) is 10.3. The van der Waals surface area contributed by atoms with Gasteiger partial charge in [0.1, 0.15) is 5.75 Å². The van der Waals surface area contributed by atoms with E-state index in [4.69, 9.17) is 4.74 Å². The first-order chi connectivity index (χ1) is 16.0. The number of methoxy groups -OCH3 is 1. The number of hydrogen-bond acceptors (Lipinski definition) is 6. The van der Waals surface area contributed by atoms with Gasteiger partial charge in [-0.05, 0) is 80.3 Å². The van der Waals surface area contributed by atoms with Gasteiger partial charge < -0.3 is 14.7 Å². The molecule has 1 aromatic heterocycles. The average Bonchev–Trinajstić information content (AvgIpc) is 3.67. The molecule has 3 unspecified atom stereocenters. The van der Waals surface area contributed by atoms with Gasteiger partial charge in [0.25, 0.3) is 5.91 Å². The number of aliphatic hydroxyl groups is 1. The lowest BCUT2D eigenvalue weighted by Crippen LogP contribution is -2.71. The summed E-state index contributed by atoms with van der Waals surface area (Å²) in [5, 5.41) is 12.6. The van der Waals surface area contributed by atoms with Crippen LogP contribution < -0.4 is 4.74 Å². The normalized spacial score (nSPS) is 31.3. The minimum atomic E-state index is -0.883. The Morgan fingerprint density at radius 3 is 2.67 bits per heavy atom. The Balaban J connectivity index is 1.40. The Bertz CT molecular complexity index is 1060. The quantitative estimate of drug-likeness (QED) is 0.774. The molecule has 2 bridgehead atoms. The molecule has 0 radical (unpaired) electrons. The van der Waals surface area contributed by atoms with Crippen LogP contribution in [0.15, 0.2) is 36.7 Å².